The molecular formula is C21H26BrN3O2. The standard InChI is InChI=1S/C21H26BrN3O2/c1-4-25(5-2)21(26)27-12-13-9-15-14-7-6-8-17-19(14)16(20(22)23-17)10-18(15)24(3)11-13/h6-9,13,18,23H,4-5,10-12H2,1-3H3/t13?,18-/m0/s1. The van der Waals surface area contributed by atoms with Crippen molar-refractivity contribution in [3.05, 3.63) is 40.0 Å². The first-order chi connectivity index (χ1) is 13.0. The van der Waals surface area contributed by atoms with E-state index in [9.17, 15) is 4.79 Å². The lowest BCUT2D eigenvalue weighted by molar-refractivity contribution is 0.0879. The van der Waals surface area contributed by atoms with Gasteiger partial charge in [0.1, 0.15) is 6.61 Å². The smallest absolute Gasteiger partial charge is 0.409 e. The van der Waals surface area contributed by atoms with Crippen LogP contribution in [0.4, 0.5) is 4.79 Å². The number of benzene rings is 1. The minimum absolute atomic E-state index is 0.208. The highest BCUT2D eigenvalue weighted by atomic mass is 79.9. The third kappa shape index (κ3) is 3.19. The monoisotopic (exact) mass is 431 g/mol. The lowest BCUT2D eigenvalue weighted by Gasteiger charge is -2.40. The number of aromatic amines is 1. The van der Waals surface area contributed by atoms with Crippen LogP contribution in [0.2, 0.25) is 0 Å². The number of halogens is 1. The zero-order valence-electron chi connectivity index (χ0n) is 16.1. The molecule has 0 spiro atoms. The Hall–Kier alpha value is -1.79. The van der Waals surface area contributed by atoms with Gasteiger partial charge in [0.2, 0.25) is 0 Å². The average molecular weight is 432 g/mol. The largest absolute Gasteiger partial charge is 0.449 e. The third-order valence-corrected chi connectivity index (χ3v) is 6.53. The number of hydrogen-bond donors (Lipinski definition) is 1. The molecule has 27 heavy (non-hydrogen) atoms. The van der Waals surface area contributed by atoms with Crippen LogP contribution in [0.1, 0.15) is 25.0 Å². The molecule has 0 radical (unpaired) electrons. The van der Waals surface area contributed by atoms with E-state index in [2.05, 4.69) is 57.1 Å². The minimum atomic E-state index is -0.217. The van der Waals surface area contributed by atoms with Crippen LogP contribution in [0, 0.1) is 5.92 Å². The maximum Gasteiger partial charge on any atom is 0.409 e. The molecule has 1 aliphatic carbocycles. The second-order valence-corrected chi connectivity index (χ2v) is 8.23. The normalized spacial score (nSPS) is 21.7. The lowest BCUT2D eigenvalue weighted by Crippen LogP contribution is -2.44. The number of ether oxygens (including phenoxy) is 1. The molecule has 2 atom stereocenters. The number of hydrogen-bond acceptors (Lipinski definition) is 3. The van der Waals surface area contributed by atoms with Crippen molar-refractivity contribution in [3.8, 4) is 0 Å². The molecule has 1 amide bonds. The van der Waals surface area contributed by atoms with Gasteiger partial charge in [-0.05, 0) is 66.0 Å². The van der Waals surface area contributed by atoms with Crippen LogP contribution in [0.15, 0.2) is 28.9 Å². The molecule has 6 heteroatoms. The summed E-state index contributed by atoms with van der Waals surface area (Å²) in [5.74, 6) is 0.208. The van der Waals surface area contributed by atoms with E-state index in [4.69, 9.17) is 4.74 Å². The molecule has 1 unspecified atom stereocenters. The zero-order valence-corrected chi connectivity index (χ0v) is 17.7. The predicted octanol–water partition coefficient (Wildman–Crippen LogP) is 4.28. The molecule has 0 saturated heterocycles. The predicted molar refractivity (Wildman–Crippen MR) is 112 cm³/mol. The Morgan fingerprint density at radius 3 is 2.89 bits per heavy atom. The fraction of sp³-hybridized carbons (Fsp3) is 0.476. The summed E-state index contributed by atoms with van der Waals surface area (Å²) >= 11 is 3.70. The number of likely N-dealkylation sites (N-methyl/N-ethyl adjacent to an activating group) is 1. The van der Waals surface area contributed by atoms with Gasteiger partial charge < -0.3 is 14.6 Å². The number of H-pyrrole nitrogens is 1. The van der Waals surface area contributed by atoms with E-state index in [0.717, 1.165) is 17.6 Å². The van der Waals surface area contributed by atoms with Gasteiger partial charge >= 0.3 is 6.09 Å². The number of fused-ring (bicyclic) bond motifs is 2. The number of rotatable bonds is 4. The fourth-order valence-corrected chi connectivity index (χ4v) is 5.02. The summed E-state index contributed by atoms with van der Waals surface area (Å²) in [5, 5.41) is 1.32. The zero-order chi connectivity index (χ0) is 19.1. The molecule has 1 N–H and O–H groups in total. The Morgan fingerprint density at radius 2 is 2.15 bits per heavy atom. The topological polar surface area (TPSA) is 48.6 Å². The van der Waals surface area contributed by atoms with Gasteiger partial charge in [0.15, 0.2) is 0 Å². The fourth-order valence-electron chi connectivity index (χ4n) is 4.45. The van der Waals surface area contributed by atoms with E-state index in [1.165, 1.54) is 27.6 Å². The molecule has 2 aromatic rings. The number of aromatic nitrogens is 1. The molecule has 1 aliphatic heterocycles. The summed E-state index contributed by atoms with van der Waals surface area (Å²) in [6.45, 7) is 6.62. The molecule has 0 saturated carbocycles. The van der Waals surface area contributed by atoms with Gasteiger partial charge in [0, 0.05) is 42.5 Å². The van der Waals surface area contributed by atoms with Crippen molar-refractivity contribution in [3.63, 3.8) is 0 Å². The summed E-state index contributed by atoms with van der Waals surface area (Å²) in [5.41, 5.74) is 5.19. The third-order valence-electron chi connectivity index (χ3n) is 5.86. The number of nitrogens with zero attached hydrogens (tertiary/aromatic N) is 2. The van der Waals surface area contributed by atoms with E-state index in [-0.39, 0.29) is 12.0 Å². The van der Waals surface area contributed by atoms with Gasteiger partial charge in [-0.3, -0.25) is 4.90 Å². The number of amides is 1. The number of carbonyl (C=O) groups excluding carboxylic acids is 1. The molecule has 0 fully saturated rings. The Kier molecular flexibility index (Phi) is 5.03. The summed E-state index contributed by atoms with van der Waals surface area (Å²) < 4.78 is 6.69. The van der Waals surface area contributed by atoms with E-state index in [0.29, 0.717) is 25.7 Å². The molecule has 5 nitrogen and oxygen atoms in total. The Morgan fingerprint density at radius 1 is 1.37 bits per heavy atom. The molecule has 4 rings (SSSR count). The van der Waals surface area contributed by atoms with Crippen LogP contribution in [-0.2, 0) is 11.2 Å². The Bertz CT molecular complexity index is 900. The average Bonchev–Trinajstić information content (AvgIpc) is 2.99. The maximum atomic E-state index is 12.2. The molecular weight excluding hydrogens is 406 g/mol. The van der Waals surface area contributed by atoms with Crippen molar-refractivity contribution in [1.82, 2.24) is 14.8 Å². The first-order valence-corrected chi connectivity index (χ1v) is 10.5. The van der Waals surface area contributed by atoms with Gasteiger partial charge in [-0.1, -0.05) is 18.2 Å². The van der Waals surface area contributed by atoms with Crippen molar-refractivity contribution < 1.29 is 9.53 Å². The molecule has 2 aliphatic rings. The van der Waals surface area contributed by atoms with Gasteiger partial charge in [0.25, 0.3) is 0 Å². The first-order valence-electron chi connectivity index (χ1n) is 9.66. The summed E-state index contributed by atoms with van der Waals surface area (Å²) in [6.07, 6.45) is 3.11. The van der Waals surface area contributed by atoms with E-state index in [1.807, 2.05) is 13.8 Å². The molecule has 2 heterocycles. The number of carbonyl (C=O) groups is 1. The van der Waals surface area contributed by atoms with Gasteiger partial charge in [-0.25, -0.2) is 4.79 Å². The van der Waals surface area contributed by atoms with Crippen LogP contribution in [0.25, 0.3) is 16.5 Å². The van der Waals surface area contributed by atoms with Crippen LogP contribution < -0.4 is 0 Å². The Labute approximate surface area is 168 Å². The molecule has 144 valence electrons. The first kappa shape index (κ1) is 18.6. The van der Waals surface area contributed by atoms with Crippen molar-refractivity contribution in [1.29, 1.82) is 0 Å². The molecule has 0 bridgehead atoms. The second kappa shape index (κ2) is 7.32. The lowest BCUT2D eigenvalue weighted by atomic mass is 9.80. The van der Waals surface area contributed by atoms with Gasteiger partial charge in [-0.15, -0.1) is 0 Å². The van der Waals surface area contributed by atoms with Crippen molar-refractivity contribution >= 4 is 38.5 Å². The summed E-state index contributed by atoms with van der Waals surface area (Å²) in [7, 11) is 2.17. The van der Waals surface area contributed by atoms with E-state index >= 15 is 0 Å². The van der Waals surface area contributed by atoms with Gasteiger partial charge in [0.05, 0.1) is 4.60 Å². The van der Waals surface area contributed by atoms with E-state index in [1.54, 1.807) is 4.90 Å². The quantitative estimate of drug-likeness (QED) is 0.785. The highest BCUT2D eigenvalue weighted by Crippen LogP contribution is 2.43. The maximum absolute atomic E-state index is 12.2. The van der Waals surface area contributed by atoms with Crippen molar-refractivity contribution in [2.24, 2.45) is 5.92 Å². The van der Waals surface area contributed by atoms with Gasteiger partial charge in [-0.2, -0.15) is 0 Å². The van der Waals surface area contributed by atoms with Crippen molar-refractivity contribution in [2.45, 2.75) is 26.3 Å². The highest BCUT2D eigenvalue weighted by Gasteiger charge is 2.35. The van der Waals surface area contributed by atoms with Crippen molar-refractivity contribution in [2.75, 3.05) is 33.3 Å². The number of nitrogens with one attached hydrogen (secondary N) is 1. The second-order valence-electron chi connectivity index (χ2n) is 7.44. The summed E-state index contributed by atoms with van der Waals surface area (Å²) in [4.78, 5) is 19.8. The minimum Gasteiger partial charge on any atom is -0.449 e. The highest BCUT2D eigenvalue weighted by molar-refractivity contribution is 9.10. The van der Waals surface area contributed by atoms with Crippen LogP contribution >= 0.6 is 15.9 Å². The SMILES string of the molecule is CCN(CC)C(=O)OCC1C=C2c3cccc4[nH]c(Br)c(c34)C[C@@H]2N(C)C1. The molecule has 1 aromatic carbocycles. The summed E-state index contributed by atoms with van der Waals surface area (Å²) in [6, 6.07) is 6.81. The molecule has 1 aromatic heterocycles. The van der Waals surface area contributed by atoms with Crippen LogP contribution in [0.3, 0.4) is 0 Å². The van der Waals surface area contributed by atoms with Crippen LogP contribution in [-0.4, -0.2) is 60.2 Å². The van der Waals surface area contributed by atoms with Crippen LogP contribution in [0.5, 0.6) is 0 Å². The Balaban J connectivity index is 1.62. The van der Waals surface area contributed by atoms with E-state index < -0.39 is 0 Å².